The number of hydrogen-bond donors (Lipinski definition) is 1. The average Bonchev–Trinajstić information content (AvgIpc) is 2.51. The molecule has 136 valence electrons. The molecule has 0 saturated carbocycles. The summed E-state index contributed by atoms with van der Waals surface area (Å²) >= 11 is 0. The summed E-state index contributed by atoms with van der Waals surface area (Å²) in [7, 11) is 0. The summed E-state index contributed by atoms with van der Waals surface area (Å²) in [5.74, 6) is 0.376. The van der Waals surface area contributed by atoms with E-state index in [1.165, 1.54) is 17.7 Å². The van der Waals surface area contributed by atoms with Crippen molar-refractivity contribution < 1.29 is 14.6 Å². The van der Waals surface area contributed by atoms with Crippen molar-refractivity contribution in [1.29, 1.82) is 0 Å². The fourth-order valence-electron chi connectivity index (χ4n) is 3.22. The molecule has 1 unspecified atom stereocenters. The first-order chi connectivity index (χ1) is 11.1. The Balaban J connectivity index is 2.72. The van der Waals surface area contributed by atoms with Crippen molar-refractivity contribution in [2.24, 2.45) is 17.8 Å². The SMILES string of the molecule is C=C(C(C)C(=O)/C=C/[C@H](C)O)[C@H]1C[C@@H](C)[C@@H](CC=C(C)C)O[C@H]1C. The number of aliphatic hydroxyl groups excluding tert-OH is 1. The van der Waals surface area contributed by atoms with Crippen LogP contribution < -0.4 is 0 Å². The Hall–Kier alpha value is -1.19. The van der Waals surface area contributed by atoms with E-state index >= 15 is 0 Å². The van der Waals surface area contributed by atoms with Gasteiger partial charge in [-0.1, -0.05) is 43.7 Å². The van der Waals surface area contributed by atoms with E-state index in [1.54, 1.807) is 6.92 Å². The molecule has 3 nitrogen and oxygen atoms in total. The molecule has 1 rings (SSSR count). The first-order valence-electron chi connectivity index (χ1n) is 9.01. The monoisotopic (exact) mass is 334 g/mol. The highest BCUT2D eigenvalue weighted by atomic mass is 16.5. The highest BCUT2D eigenvalue weighted by Crippen LogP contribution is 2.37. The lowest BCUT2D eigenvalue weighted by Crippen LogP contribution is -2.40. The molecular weight excluding hydrogens is 300 g/mol. The van der Waals surface area contributed by atoms with Gasteiger partial charge >= 0.3 is 0 Å². The van der Waals surface area contributed by atoms with E-state index in [-0.39, 0.29) is 29.8 Å². The Labute approximate surface area is 147 Å². The lowest BCUT2D eigenvalue weighted by atomic mass is 9.76. The van der Waals surface area contributed by atoms with Gasteiger partial charge in [-0.3, -0.25) is 4.79 Å². The lowest BCUT2D eigenvalue weighted by Gasteiger charge is -2.40. The summed E-state index contributed by atoms with van der Waals surface area (Å²) in [4.78, 5) is 12.3. The van der Waals surface area contributed by atoms with Crippen molar-refractivity contribution in [3.8, 4) is 0 Å². The van der Waals surface area contributed by atoms with Gasteiger partial charge in [-0.05, 0) is 52.5 Å². The summed E-state index contributed by atoms with van der Waals surface area (Å²) in [5, 5.41) is 9.28. The molecule has 1 fully saturated rings. The third-order valence-corrected chi connectivity index (χ3v) is 4.97. The van der Waals surface area contributed by atoms with Gasteiger partial charge in [0.05, 0.1) is 18.3 Å². The van der Waals surface area contributed by atoms with Gasteiger partial charge in [0.15, 0.2) is 5.78 Å². The fourth-order valence-corrected chi connectivity index (χ4v) is 3.22. The maximum absolute atomic E-state index is 12.3. The predicted molar refractivity (Wildman–Crippen MR) is 99.8 cm³/mol. The lowest BCUT2D eigenvalue weighted by molar-refractivity contribution is -0.118. The van der Waals surface area contributed by atoms with Crippen LogP contribution in [0.3, 0.4) is 0 Å². The number of hydrogen-bond acceptors (Lipinski definition) is 3. The number of carbonyl (C=O) groups is 1. The molecule has 0 aromatic carbocycles. The normalized spacial score (nSPS) is 30.0. The predicted octanol–water partition coefficient (Wildman–Crippen LogP) is 4.47. The first-order valence-corrected chi connectivity index (χ1v) is 9.01. The van der Waals surface area contributed by atoms with Crippen LogP contribution in [0.4, 0.5) is 0 Å². The molecule has 1 N–H and O–H groups in total. The highest BCUT2D eigenvalue weighted by molar-refractivity contribution is 5.93. The molecule has 24 heavy (non-hydrogen) atoms. The fraction of sp³-hybridized carbons (Fsp3) is 0.667. The molecule has 0 aromatic rings. The molecule has 1 aliphatic heterocycles. The van der Waals surface area contributed by atoms with E-state index < -0.39 is 6.10 Å². The zero-order valence-corrected chi connectivity index (χ0v) is 16.1. The number of rotatable bonds is 7. The summed E-state index contributed by atoms with van der Waals surface area (Å²) in [6, 6.07) is 0. The van der Waals surface area contributed by atoms with E-state index in [0.29, 0.717) is 5.92 Å². The Morgan fingerprint density at radius 2 is 1.96 bits per heavy atom. The van der Waals surface area contributed by atoms with E-state index in [0.717, 1.165) is 18.4 Å². The summed E-state index contributed by atoms with van der Waals surface area (Å²) in [6.45, 7) is 16.2. The van der Waals surface area contributed by atoms with E-state index in [9.17, 15) is 9.90 Å². The zero-order valence-electron chi connectivity index (χ0n) is 16.1. The maximum atomic E-state index is 12.3. The number of carbonyl (C=O) groups excluding carboxylic acids is 1. The van der Waals surface area contributed by atoms with Crippen LogP contribution in [-0.2, 0) is 9.53 Å². The number of aliphatic hydroxyl groups is 1. The van der Waals surface area contributed by atoms with Crippen molar-refractivity contribution in [1.82, 2.24) is 0 Å². The Kier molecular flexibility index (Phi) is 8.11. The van der Waals surface area contributed by atoms with Crippen LogP contribution in [0.2, 0.25) is 0 Å². The second-order valence-corrected chi connectivity index (χ2v) is 7.52. The van der Waals surface area contributed by atoms with Crippen LogP contribution in [0.15, 0.2) is 36.0 Å². The summed E-state index contributed by atoms with van der Waals surface area (Å²) in [6.07, 6.45) is 6.86. The maximum Gasteiger partial charge on any atom is 0.162 e. The summed E-state index contributed by atoms with van der Waals surface area (Å²) in [5.41, 5.74) is 2.25. The molecule has 6 atom stereocenters. The Morgan fingerprint density at radius 3 is 2.50 bits per heavy atom. The standard InChI is InChI=1S/C21H34O3/c1-13(2)8-11-21-14(3)12-19(18(7)24-21)16(5)17(6)20(23)10-9-15(4)22/h8-10,14-15,17-19,21-22H,5,11-12H2,1-4,6-7H3/b10-9+/t14-,15+,17?,18+,19-,21-/m1/s1. The van der Waals surface area contributed by atoms with Crippen LogP contribution in [0, 0.1) is 17.8 Å². The van der Waals surface area contributed by atoms with Gasteiger partial charge in [0.2, 0.25) is 0 Å². The van der Waals surface area contributed by atoms with Gasteiger partial charge in [-0.2, -0.15) is 0 Å². The number of allylic oxidation sites excluding steroid dienone is 2. The number of ketones is 1. The molecule has 1 saturated heterocycles. The minimum atomic E-state index is -0.609. The minimum absolute atomic E-state index is 0.00702. The van der Waals surface area contributed by atoms with Gasteiger partial charge in [-0.25, -0.2) is 0 Å². The molecule has 1 heterocycles. The Morgan fingerprint density at radius 1 is 1.33 bits per heavy atom. The van der Waals surface area contributed by atoms with E-state index in [4.69, 9.17) is 4.74 Å². The quantitative estimate of drug-likeness (QED) is 0.552. The second kappa shape index (κ2) is 9.33. The van der Waals surface area contributed by atoms with E-state index in [1.807, 2.05) is 6.92 Å². The van der Waals surface area contributed by atoms with E-state index in [2.05, 4.69) is 40.3 Å². The molecule has 0 spiro atoms. The smallest absolute Gasteiger partial charge is 0.162 e. The van der Waals surface area contributed by atoms with Crippen molar-refractivity contribution in [3.63, 3.8) is 0 Å². The summed E-state index contributed by atoms with van der Waals surface area (Å²) < 4.78 is 6.24. The minimum Gasteiger partial charge on any atom is -0.389 e. The molecule has 0 bridgehead atoms. The van der Waals surface area contributed by atoms with Crippen LogP contribution in [0.1, 0.15) is 54.4 Å². The zero-order chi connectivity index (χ0) is 18.4. The van der Waals surface area contributed by atoms with Crippen molar-refractivity contribution in [2.45, 2.75) is 72.7 Å². The molecular formula is C21H34O3. The highest BCUT2D eigenvalue weighted by Gasteiger charge is 2.36. The second-order valence-electron chi connectivity index (χ2n) is 7.52. The van der Waals surface area contributed by atoms with Gasteiger partial charge in [0.1, 0.15) is 0 Å². The van der Waals surface area contributed by atoms with Gasteiger partial charge in [-0.15, -0.1) is 0 Å². The van der Waals surface area contributed by atoms with Crippen molar-refractivity contribution in [3.05, 3.63) is 36.0 Å². The molecule has 0 aromatic heterocycles. The van der Waals surface area contributed by atoms with Crippen molar-refractivity contribution in [2.75, 3.05) is 0 Å². The third-order valence-electron chi connectivity index (χ3n) is 4.97. The van der Waals surface area contributed by atoms with Crippen molar-refractivity contribution >= 4 is 5.78 Å². The van der Waals surface area contributed by atoms with Gasteiger partial charge in [0.25, 0.3) is 0 Å². The Bertz CT molecular complexity index is 497. The van der Waals surface area contributed by atoms with Crippen LogP contribution in [0.25, 0.3) is 0 Å². The first kappa shape index (κ1) is 20.9. The molecule has 0 amide bonds. The average molecular weight is 335 g/mol. The topological polar surface area (TPSA) is 46.5 Å². The van der Waals surface area contributed by atoms with Crippen LogP contribution in [0.5, 0.6) is 0 Å². The van der Waals surface area contributed by atoms with Crippen LogP contribution >= 0.6 is 0 Å². The van der Waals surface area contributed by atoms with Crippen LogP contribution in [-0.4, -0.2) is 29.2 Å². The molecule has 0 aliphatic carbocycles. The molecule has 1 aliphatic rings. The molecule has 3 heteroatoms. The van der Waals surface area contributed by atoms with Gasteiger partial charge < -0.3 is 9.84 Å². The molecule has 0 radical (unpaired) electrons. The largest absolute Gasteiger partial charge is 0.389 e. The number of ether oxygens (including phenoxy) is 1. The third kappa shape index (κ3) is 6.03. The van der Waals surface area contributed by atoms with Gasteiger partial charge in [0, 0.05) is 11.8 Å².